The lowest BCUT2D eigenvalue weighted by Gasteiger charge is -2.18. The summed E-state index contributed by atoms with van der Waals surface area (Å²) in [7, 11) is -7.45. The van der Waals surface area contributed by atoms with Crippen LogP contribution in [0.25, 0.3) is 0 Å². The number of nitrogens with zero attached hydrogens (tertiary/aromatic N) is 1. The van der Waals surface area contributed by atoms with Gasteiger partial charge < -0.3 is 0 Å². The van der Waals surface area contributed by atoms with Gasteiger partial charge in [0.25, 0.3) is 0 Å². The normalized spacial score (nSPS) is 13.3. The Kier molecular flexibility index (Phi) is 6.05. The molecule has 0 fully saturated rings. The topological polar surface area (TPSA) is 93.2 Å². The standard InChI is InChI=1S/C18H18N2O4S3/c21-26(22,14-15-6-2-1-3-7-15)20-13-17(16-8-4-10-19-12-16)27(23,24)18-9-5-11-25-18/h1-12,17,20H,13-14H2. The maximum atomic E-state index is 13.0. The maximum absolute atomic E-state index is 13.0. The number of pyridine rings is 1. The van der Waals surface area contributed by atoms with Crippen molar-refractivity contribution in [3.8, 4) is 0 Å². The number of sulfone groups is 1. The first-order valence-electron chi connectivity index (χ1n) is 8.07. The van der Waals surface area contributed by atoms with Crippen LogP contribution >= 0.6 is 11.3 Å². The van der Waals surface area contributed by atoms with E-state index < -0.39 is 25.1 Å². The number of hydrogen-bond acceptors (Lipinski definition) is 6. The SMILES string of the molecule is O=S(=O)(Cc1ccccc1)NCC(c1cccnc1)S(=O)(=O)c1cccs1. The average Bonchev–Trinajstić information content (AvgIpc) is 3.18. The van der Waals surface area contributed by atoms with Crippen LogP contribution in [0.5, 0.6) is 0 Å². The van der Waals surface area contributed by atoms with Crippen LogP contribution < -0.4 is 4.72 Å². The summed E-state index contributed by atoms with van der Waals surface area (Å²) in [4.78, 5) is 3.97. The van der Waals surface area contributed by atoms with Gasteiger partial charge in [-0.05, 0) is 28.6 Å². The first-order valence-corrected chi connectivity index (χ1v) is 12.1. The molecule has 6 nitrogen and oxygen atoms in total. The van der Waals surface area contributed by atoms with Crippen LogP contribution in [0.3, 0.4) is 0 Å². The van der Waals surface area contributed by atoms with Crippen molar-refractivity contribution in [2.45, 2.75) is 15.2 Å². The molecule has 0 saturated heterocycles. The molecule has 1 N–H and O–H groups in total. The lowest BCUT2D eigenvalue weighted by atomic mass is 10.2. The highest BCUT2D eigenvalue weighted by Crippen LogP contribution is 2.31. The molecule has 1 unspecified atom stereocenters. The number of benzene rings is 1. The van der Waals surface area contributed by atoms with Gasteiger partial charge in [-0.25, -0.2) is 21.6 Å². The largest absolute Gasteiger partial charge is 0.264 e. The van der Waals surface area contributed by atoms with Crippen LogP contribution in [0.15, 0.2) is 76.6 Å². The molecular weight excluding hydrogens is 404 g/mol. The number of sulfonamides is 1. The predicted octanol–water partition coefficient (Wildman–Crippen LogP) is 2.78. The lowest BCUT2D eigenvalue weighted by molar-refractivity contribution is 0.569. The van der Waals surface area contributed by atoms with Crippen molar-refractivity contribution < 1.29 is 16.8 Å². The molecule has 2 aromatic heterocycles. The summed E-state index contributed by atoms with van der Waals surface area (Å²) in [5.41, 5.74) is 1.07. The molecule has 1 atom stereocenters. The Hall–Kier alpha value is -2.07. The fraction of sp³-hybridized carbons (Fsp3) is 0.167. The van der Waals surface area contributed by atoms with Gasteiger partial charge >= 0.3 is 0 Å². The Morgan fingerprint density at radius 3 is 2.37 bits per heavy atom. The van der Waals surface area contributed by atoms with Crippen LogP contribution in [-0.4, -0.2) is 28.4 Å². The summed E-state index contributed by atoms with van der Waals surface area (Å²) in [6, 6.07) is 15.2. The summed E-state index contributed by atoms with van der Waals surface area (Å²) in [5.74, 6) is -0.216. The van der Waals surface area contributed by atoms with E-state index >= 15 is 0 Å². The van der Waals surface area contributed by atoms with Gasteiger partial charge in [0, 0.05) is 18.9 Å². The summed E-state index contributed by atoms with van der Waals surface area (Å²) in [5, 5.41) is 0.614. The Morgan fingerprint density at radius 1 is 0.963 bits per heavy atom. The highest BCUT2D eigenvalue weighted by atomic mass is 32.2. The minimum atomic E-state index is -3.75. The third kappa shape index (κ3) is 5.01. The van der Waals surface area contributed by atoms with Crippen LogP contribution in [0.1, 0.15) is 16.4 Å². The molecule has 0 aliphatic heterocycles. The fourth-order valence-electron chi connectivity index (χ4n) is 2.59. The van der Waals surface area contributed by atoms with E-state index in [0.717, 1.165) is 11.3 Å². The van der Waals surface area contributed by atoms with Gasteiger partial charge in [0.05, 0.1) is 5.75 Å². The van der Waals surface area contributed by atoms with E-state index in [1.165, 1.54) is 18.5 Å². The molecule has 3 aromatic rings. The second-order valence-corrected chi connectivity index (χ2v) is 11.0. The maximum Gasteiger partial charge on any atom is 0.215 e. The van der Waals surface area contributed by atoms with E-state index in [1.807, 2.05) is 0 Å². The van der Waals surface area contributed by atoms with Gasteiger partial charge in [0.15, 0.2) is 9.84 Å². The van der Waals surface area contributed by atoms with Crippen molar-refractivity contribution in [2.75, 3.05) is 6.54 Å². The molecule has 0 bridgehead atoms. The summed E-state index contributed by atoms with van der Waals surface area (Å²) in [6.07, 6.45) is 2.99. The van der Waals surface area contributed by atoms with Crippen molar-refractivity contribution in [3.63, 3.8) is 0 Å². The van der Waals surface area contributed by atoms with E-state index in [9.17, 15) is 16.8 Å². The van der Waals surface area contributed by atoms with E-state index in [-0.39, 0.29) is 16.5 Å². The molecule has 0 aliphatic carbocycles. The summed E-state index contributed by atoms with van der Waals surface area (Å²) < 4.78 is 53.5. The molecule has 0 saturated carbocycles. The van der Waals surface area contributed by atoms with Crippen LogP contribution in [0.4, 0.5) is 0 Å². The first kappa shape index (κ1) is 19.7. The number of nitrogens with one attached hydrogen (secondary N) is 1. The number of hydrogen-bond donors (Lipinski definition) is 1. The van der Waals surface area contributed by atoms with Crippen LogP contribution in [0.2, 0.25) is 0 Å². The van der Waals surface area contributed by atoms with Crippen LogP contribution in [0, 0.1) is 0 Å². The van der Waals surface area contributed by atoms with Gasteiger partial charge in [-0.1, -0.05) is 42.5 Å². The minimum Gasteiger partial charge on any atom is -0.264 e. The Bertz CT molecular complexity index is 1070. The molecule has 27 heavy (non-hydrogen) atoms. The lowest BCUT2D eigenvalue weighted by Crippen LogP contribution is -2.32. The van der Waals surface area contributed by atoms with E-state index in [0.29, 0.717) is 11.1 Å². The molecule has 0 radical (unpaired) electrons. The monoisotopic (exact) mass is 422 g/mol. The van der Waals surface area contributed by atoms with Crippen molar-refractivity contribution in [1.29, 1.82) is 0 Å². The van der Waals surface area contributed by atoms with Gasteiger partial charge in [0.1, 0.15) is 9.46 Å². The van der Waals surface area contributed by atoms with Crippen molar-refractivity contribution in [1.82, 2.24) is 9.71 Å². The van der Waals surface area contributed by atoms with Crippen molar-refractivity contribution in [3.05, 3.63) is 83.5 Å². The zero-order valence-electron chi connectivity index (χ0n) is 14.2. The second-order valence-electron chi connectivity index (χ2n) is 5.85. The Labute approximate surface area is 162 Å². The smallest absolute Gasteiger partial charge is 0.215 e. The highest BCUT2D eigenvalue weighted by molar-refractivity contribution is 7.93. The van der Waals surface area contributed by atoms with E-state index in [2.05, 4.69) is 9.71 Å². The number of rotatable bonds is 8. The molecular formula is C18H18N2O4S3. The zero-order chi connectivity index (χ0) is 19.3. The third-order valence-electron chi connectivity index (χ3n) is 3.89. The van der Waals surface area contributed by atoms with Crippen molar-refractivity contribution >= 4 is 31.2 Å². The number of thiophene rings is 1. The quantitative estimate of drug-likeness (QED) is 0.602. The van der Waals surface area contributed by atoms with Gasteiger partial charge in [-0.3, -0.25) is 4.98 Å². The molecule has 0 aliphatic rings. The third-order valence-corrected chi connectivity index (χ3v) is 8.75. The van der Waals surface area contributed by atoms with Crippen LogP contribution in [-0.2, 0) is 25.6 Å². The minimum absolute atomic E-state index is 0.193. The van der Waals surface area contributed by atoms with Gasteiger partial charge in [-0.15, -0.1) is 11.3 Å². The van der Waals surface area contributed by atoms with E-state index in [4.69, 9.17) is 0 Å². The zero-order valence-corrected chi connectivity index (χ0v) is 16.7. The molecule has 9 heteroatoms. The molecule has 0 spiro atoms. The van der Waals surface area contributed by atoms with Gasteiger partial charge in [-0.2, -0.15) is 0 Å². The fourth-order valence-corrected chi connectivity index (χ4v) is 6.69. The predicted molar refractivity (Wildman–Crippen MR) is 106 cm³/mol. The molecule has 1 aromatic carbocycles. The van der Waals surface area contributed by atoms with E-state index in [1.54, 1.807) is 53.9 Å². The first-order chi connectivity index (χ1) is 12.9. The van der Waals surface area contributed by atoms with Gasteiger partial charge in [0.2, 0.25) is 10.0 Å². The second kappa shape index (κ2) is 8.30. The average molecular weight is 423 g/mol. The Morgan fingerprint density at radius 2 is 1.74 bits per heavy atom. The molecule has 142 valence electrons. The summed E-state index contributed by atoms with van der Waals surface area (Å²) >= 11 is 1.10. The Balaban J connectivity index is 1.84. The number of aromatic nitrogens is 1. The molecule has 2 heterocycles. The van der Waals surface area contributed by atoms with Crippen molar-refractivity contribution in [2.24, 2.45) is 0 Å². The highest BCUT2D eigenvalue weighted by Gasteiger charge is 2.31. The summed E-state index contributed by atoms with van der Waals surface area (Å²) in [6.45, 7) is -0.263. The molecule has 0 amide bonds. The molecule has 3 rings (SSSR count).